The van der Waals surface area contributed by atoms with Gasteiger partial charge in [0, 0.05) is 42.1 Å². The van der Waals surface area contributed by atoms with Crippen molar-refractivity contribution in [2.45, 2.75) is 26.2 Å². The van der Waals surface area contributed by atoms with Crippen LogP contribution in [0.25, 0.3) is 92.3 Å². The van der Waals surface area contributed by atoms with Crippen LogP contribution >= 0.6 is 11.3 Å². The second-order valence-electron chi connectivity index (χ2n) is 14.8. The predicted octanol–water partition coefficient (Wildman–Crippen LogP) is 14.0. The Morgan fingerprint density at radius 2 is 1.06 bits per heavy atom. The number of nitrogens with zero attached hydrogens (tertiary/aromatic N) is 2. The van der Waals surface area contributed by atoms with Crippen LogP contribution in [-0.2, 0) is 5.41 Å². The van der Waals surface area contributed by atoms with Gasteiger partial charge in [-0.25, -0.2) is 4.98 Å². The molecule has 2 nitrogen and oxygen atoms in total. The zero-order valence-corrected chi connectivity index (χ0v) is 30.2. The Bertz CT molecular complexity index is 2980. The Labute approximate surface area is 307 Å². The molecular formula is C49H36N2S. The van der Waals surface area contributed by atoms with Crippen molar-refractivity contribution in [1.29, 1.82) is 0 Å². The summed E-state index contributed by atoms with van der Waals surface area (Å²) in [6, 6.07) is 59.6. The summed E-state index contributed by atoms with van der Waals surface area (Å²) < 4.78 is 5.12. The lowest BCUT2D eigenvalue weighted by atomic mass is 9.86. The molecule has 10 rings (SSSR count). The fourth-order valence-electron chi connectivity index (χ4n) is 8.04. The number of aromatic nitrogens is 2. The van der Waals surface area contributed by atoms with Gasteiger partial charge in [-0.3, -0.25) is 4.40 Å². The molecule has 0 amide bonds. The molecule has 0 fully saturated rings. The van der Waals surface area contributed by atoms with E-state index in [1.165, 1.54) is 58.8 Å². The minimum absolute atomic E-state index is 0.0774. The lowest BCUT2D eigenvalue weighted by Crippen LogP contribution is -2.10. The molecule has 0 radical (unpaired) electrons. The lowest BCUT2D eigenvalue weighted by Gasteiger charge is -2.19. The summed E-state index contributed by atoms with van der Waals surface area (Å²) in [5, 5.41) is 6.24. The summed E-state index contributed by atoms with van der Waals surface area (Å²) in [7, 11) is 0. The van der Waals surface area contributed by atoms with Crippen molar-refractivity contribution in [3.05, 3.63) is 169 Å². The molecule has 0 bridgehead atoms. The number of hydrogen-bond donors (Lipinski definition) is 0. The number of hydrogen-bond acceptors (Lipinski definition) is 2. The van der Waals surface area contributed by atoms with Crippen LogP contribution in [0.2, 0.25) is 0 Å². The van der Waals surface area contributed by atoms with Crippen molar-refractivity contribution in [3.63, 3.8) is 0 Å². The Balaban J connectivity index is 1.19. The summed E-state index contributed by atoms with van der Waals surface area (Å²) in [6.45, 7) is 6.93. The highest BCUT2D eigenvalue weighted by molar-refractivity contribution is 7.26. The average molecular weight is 685 g/mol. The molecule has 0 unspecified atom stereocenters. The van der Waals surface area contributed by atoms with Crippen molar-refractivity contribution in [2.75, 3.05) is 0 Å². The van der Waals surface area contributed by atoms with E-state index < -0.39 is 0 Å². The van der Waals surface area contributed by atoms with Crippen LogP contribution in [0.5, 0.6) is 0 Å². The summed E-state index contributed by atoms with van der Waals surface area (Å²) in [4.78, 5) is 5.39. The molecule has 0 N–H and O–H groups in total. The van der Waals surface area contributed by atoms with Crippen LogP contribution in [0.3, 0.4) is 0 Å². The van der Waals surface area contributed by atoms with Crippen LogP contribution in [-0.4, -0.2) is 9.38 Å². The third kappa shape index (κ3) is 4.81. The third-order valence-corrected chi connectivity index (χ3v) is 11.8. The Kier molecular flexibility index (Phi) is 6.96. The summed E-state index contributed by atoms with van der Waals surface area (Å²) in [6.07, 6.45) is 0. The molecule has 52 heavy (non-hydrogen) atoms. The Morgan fingerprint density at radius 3 is 1.83 bits per heavy atom. The van der Waals surface area contributed by atoms with Crippen LogP contribution in [0.15, 0.2) is 164 Å². The van der Waals surface area contributed by atoms with E-state index in [-0.39, 0.29) is 5.41 Å². The standard InChI is InChI=1S/C49H36N2S/c1-49(2,3)42-26-14-25-39-38-24-13-23-36(46(38)52-47(39)42)35-20-12-19-33(29-35)34-27-28-43-41(30-34)37-21-10-11-22-40(37)48-50-44(31-15-6-4-7-16-31)45(51(43)48)32-17-8-5-9-18-32/h4-30H,1-3H3. The van der Waals surface area contributed by atoms with Gasteiger partial charge in [0.25, 0.3) is 0 Å². The molecule has 0 saturated heterocycles. The van der Waals surface area contributed by atoms with E-state index in [1.807, 2.05) is 11.3 Å². The van der Waals surface area contributed by atoms with Crippen LogP contribution < -0.4 is 0 Å². The first-order valence-electron chi connectivity index (χ1n) is 18.0. The number of fused-ring (bicyclic) bond motifs is 9. The second-order valence-corrected chi connectivity index (χ2v) is 15.8. The van der Waals surface area contributed by atoms with Crippen molar-refractivity contribution < 1.29 is 0 Å². The van der Waals surface area contributed by atoms with Gasteiger partial charge in [-0.15, -0.1) is 11.3 Å². The minimum atomic E-state index is 0.0774. The highest BCUT2D eigenvalue weighted by atomic mass is 32.1. The van der Waals surface area contributed by atoms with Gasteiger partial charge in [0.1, 0.15) is 5.65 Å². The summed E-state index contributed by atoms with van der Waals surface area (Å²) in [5.74, 6) is 0. The van der Waals surface area contributed by atoms with Crippen molar-refractivity contribution in [3.8, 4) is 44.8 Å². The second kappa shape index (κ2) is 11.8. The van der Waals surface area contributed by atoms with E-state index in [4.69, 9.17) is 4.98 Å². The highest BCUT2D eigenvalue weighted by Gasteiger charge is 2.22. The Morgan fingerprint density at radius 1 is 0.462 bits per heavy atom. The molecule has 7 aromatic carbocycles. The lowest BCUT2D eigenvalue weighted by molar-refractivity contribution is 0.597. The zero-order valence-electron chi connectivity index (χ0n) is 29.4. The van der Waals surface area contributed by atoms with Gasteiger partial charge < -0.3 is 0 Å². The predicted molar refractivity (Wildman–Crippen MR) is 224 cm³/mol. The van der Waals surface area contributed by atoms with Gasteiger partial charge in [0.05, 0.1) is 16.9 Å². The van der Waals surface area contributed by atoms with Crippen molar-refractivity contribution in [1.82, 2.24) is 9.38 Å². The van der Waals surface area contributed by atoms with Crippen molar-refractivity contribution in [2.24, 2.45) is 0 Å². The van der Waals surface area contributed by atoms with Crippen LogP contribution in [0, 0.1) is 0 Å². The van der Waals surface area contributed by atoms with E-state index in [0.717, 1.165) is 39.1 Å². The summed E-state index contributed by atoms with van der Waals surface area (Å²) >= 11 is 1.93. The number of imidazole rings is 1. The van der Waals surface area contributed by atoms with E-state index in [2.05, 4.69) is 189 Å². The first-order chi connectivity index (χ1) is 25.4. The maximum absolute atomic E-state index is 5.39. The quantitative estimate of drug-likeness (QED) is 0.169. The largest absolute Gasteiger partial charge is 0.291 e. The van der Waals surface area contributed by atoms with E-state index in [9.17, 15) is 0 Å². The molecule has 0 aliphatic carbocycles. The van der Waals surface area contributed by atoms with Gasteiger partial charge in [-0.1, -0.05) is 166 Å². The normalized spacial score (nSPS) is 12.1. The topological polar surface area (TPSA) is 17.3 Å². The van der Waals surface area contributed by atoms with Gasteiger partial charge >= 0.3 is 0 Å². The van der Waals surface area contributed by atoms with Crippen LogP contribution in [0.1, 0.15) is 26.3 Å². The fraction of sp³-hybridized carbons (Fsp3) is 0.0816. The molecule has 10 aromatic rings. The van der Waals surface area contributed by atoms with Gasteiger partial charge in [-0.05, 0) is 56.8 Å². The first-order valence-corrected chi connectivity index (χ1v) is 18.8. The summed E-state index contributed by atoms with van der Waals surface area (Å²) in [5.41, 5.74) is 12.9. The smallest absolute Gasteiger partial charge is 0.146 e. The van der Waals surface area contributed by atoms with Gasteiger partial charge in [0.2, 0.25) is 0 Å². The molecule has 0 aliphatic heterocycles. The third-order valence-electron chi connectivity index (χ3n) is 10.5. The molecule has 0 spiro atoms. The van der Waals surface area contributed by atoms with Crippen LogP contribution in [0.4, 0.5) is 0 Å². The highest BCUT2D eigenvalue weighted by Crippen LogP contribution is 2.45. The molecule has 0 atom stereocenters. The van der Waals surface area contributed by atoms with Crippen molar-refractivity contribution >= 4 is 58.8 Å². The average Bonchev–Trinajstić information content (AvgIpc) is 3.78. The SMILES string of the molecule is CC(C)(C)c1cccc2c1sc1c(-c3cccc(-c4ccc5c(c4)c4ccccc4c4nc(-c6ccccc6)c(-c6ccccc6)n54)c3)cccc12. The van der Waals surface area contributed by atoms with E-state index >= 15 is 0 Å². The van der Waals surface area contributed by atoms with Gasteiger partial charge in [-0.2, -0.15) is 0 Å². The molecular weight excluding hydrogens is 649 g/mol. The fourth-order valence-corrected chi connectivity index (χ4v) is 9.60. The molecule has 3 heteroatoms. The number of pyridine rings is 1. The maximum Gasteiger partial charge on any atom is 0.146 e. The number of rotatable bonds is 4. The monoisotopic (exact) mass is 684 g/mol. The Hall–Kier alpha value is -6.03. The maximum atomic E-state index is 5.39. The molecule has 3 heterocycles. The van der Waals surface area contributed by atoms with E-state index in [0.29, 0.717) is 0 Å². The van der Waals surface area contributed by atoms with E-state index in [1.54, 1.807) is 0 Å². The molecule has 0 aliphatic rings. The molecule has 3 aromatic heterocycles. The zero-order chi connectivity index (χ0) is 35.0. The number of benzene rings is 7. The first kappa shape index (κ1) is 30.8. The molecule has 0 saturated carbocycles. The minimum Gasteiger partial charge on any atom is -0.291 e. The van der Waals surface area contributed by atoms with Gasteiger partial charge in [0.15, 0.2) is 0 Å². The number of thiophene rings is 1. The molecule has 248 valence electrons.